The number of hydrogen-bond acceptors (Lipinski definition) is 5. The maximum Gasteiger partial charge on any atom is 0.407 e. The summed E-state index contributed by atoms with van der Waals surface area (Å²) in [5, 5.41) is 15.3. The molecule has 214 valence electrons. The first-order valence-corrected chi connectivity index (χ1v) is 14.2. The van der Waals surface area contributed by atoms with E-state index in [0.717, 1.165) is 29.5 Å². The number of benzene rings is 3. The molecule has 0 radical (unpaired) electrons. The molecule has 3 aromatic carbocycles. The number of fused-ring (bicyclic) bond motifs is 3. The number of carboxylic acids is 1. The lowest BCUT2D eigenvalue weighted by atomic mass is 9.98. The van der Waals surface area contributed by atoms with Crippen LogP contribution in [0.2, 0.25) is 0 Å². The zero-order chi connectivity index (χ0) is 28.8. The van der Waals surface area contributed by atoms with E-state index in [1.165, 1.54) is 11.1 Å². The van der Waals surface area contributed by atoms with Crippen LogP contribution < -0.4 is 10.6 Å². The first-order valence-electron chi connectivity index (χ1n) is 14.2. The summed E-state index contributed by atoms with van der Waals surface area (Å²) in [5.41, 5.74) is 5.60. The predicted molar refractivity (Wildman–Crippen MR) is 154 cm³/mol. The van der Waals surface area contributed by atoms with Crippen molar-refractivity contribution in [3.05, 3.63) is 95.6 Å². The molecule has 8 heteroatoms. The number of carbonyl (C=O) groups excluding carboxylic acids is 2. The fourth-order valence-electron chi connectivity index (χ4n) is 5.97. The minimum absolute atomic E-state index is 0.00517. The Hall–Kier alpha value is -4.17. The summed E-state index contributed by atoms with van der Waals surface area (Å²) >= 11 is 0. The molecule has 4 atom stereocenters. The molecule has 41 heavy (non-hydrogen) atoms. The van der Waals surface area contributed by atoms with Gasteiger partial charge in [0.2, 0.25) is 5.91 Å². The van der Waals surface area contributed by atoms with Crippen molar-refractivity contribution in [2.75, 3.05) is 6.61 Å². The topological polar surface area (TPSA) is 114 Å². The van der Waals surface area contributed by atoms with Crippen LogP contribution in [0.15, 0.2) is 78.9 Å². The van der Waals surface area contributed by atoms with Gasteiger partial charge in [-0.25, -0.2) is 9.59 Å². The minimum Gasteiger partial charge on any atom is -0.480 e. The van der Waals surface area contributed by atoms with Crippen molar-refractivity contribution < 1.29 is 29.0 Å². The molecule has 2 aliphatic rings. The van der Waals surface area contributed by atoms with Crippen LogP contribution in [0.3, 0.4) is 0 Å². The number of carbonyl (C=O) groups is 3. The minimum atomic E-state index is -1.15. The van der Waals surface area contributed by atoms with E-state index in [1.54, 1.807) is 6.92 Å². The van der Waals surface area contributed by atoms with Crippen LogP contribution in [0.1, 0.15) is 55.2 Å². The van der Waals surface area contributed by atoms with Crippen molar-refractivity contribution >= 4 is 18.0 Å². The zero-order valence-corrected chi connectivity index (χ0v) is 23.1. The molecule has 5 rings (SSSR count). The van der Waals surface area contributed by atoms with Crippen molar-refractivity contribution in [2.24, 2.45) is 5.92 Å². The molecule has 2 amide bonds. The lowest BCUT2D eigenvalue weighted by molar-refractivity contribution is -0.146. The summed E-state index contributed by atoms with van der Waals surface area (Å²) in [7, 11) is 0. The number of alkyl carbamates (subject to hydrolysis) is 1. The van der Waals surface area contributed by atoms with Gasteiger partial charge in [-0.3, -0.25) is 4.79 Å². The van der Waals surface area contributed by atoms with Gasteiger partial charge in [0.1, 0.15) is 6.61 Å². The normalized spacial score (nSPS) is 19.0. The molecule has 1 saturated carbocycles. The summed E-state index contributed by atoms with van der Waals surface area (Å²) in [6.45, 7) is 2.15. The molecule has 0 spiro atoms. The van der Waals surface area contributed by atoms with E-state index in [-0.39, 0.29) is 43.4 Å². The molecule has 3 N–H and O–H groups in total. The lowest BCUT2D eigenvalue weighted by Crippen LogP contribution is -2.48. The number of amides is 2. The molecule has 0 bridgehead atoms. The van der Waals surface area contributed by atoms with Crippen LogP contribution in [0, 0.1) is 5.92 Å². The van der Waals surface area contributed by atoms with Gasteiger partial charge in [-0.2, -0.15) is 0 Å². The van der Waals surface area contributed by atoms with E-state index < -0.39 is 24.2 Å². The summed E-state index contributed by atoms with van der Waals surface area (Å²) in [6.07, 6.45) is 1.16. The average Bonchev–Trinajstić information content (AvgIpc) is 3.55. The number of hydrogen-bond donors (Lipinski definition) is 3. The SMILES string of the molecule is CC(OCc1ccccc1)C(NC(=O)CC1CCC(NC(=O)OCC2c3ccccc3-c3ccccc32)C1)C(=O)O. The van der Waals surface area contributed by atoms with Crippen molar-refractivity contribution in [2.45, 2.75) is 63.3 Å². The zero-order valence-electron chi connectivity index (χ0n) is 23.1. The van der Waals surface area contributed by atoms with Crippen LogP contribution in [-0.4, -0.2) is 47.9 Å². The Morgan fingerprint density at radius 3 is 2.20 bits per heavy atom. The highest BCUT2D eigenvalue weighted by molar-refractivity contribution is 5.84. The molecule has 3 aromatic rings. The second kappa shape index (κ2) is 13.0. The standard InChI is InChI=1S/C33H36N2O6/c1-21(40-19-22-9-3-2-4-10-22)31(32(37)38)35-30(36)18-23-15-16-24(17-23)34-33(39)41-20-29-27-13-7-5-11-25(27)26-12-6-8-14-28(26)29/h2-14,21,23-24,29,31H,15-20H2,1H3,(H,34,39)(H,35,36)(H,37,38). The van der Waals surface area contributed by atoms with Gasteiger partial charge in [0.25, 0.3) is 0 Å². The summed E-state index contributed by atoms with van der Waals surface area (Å²) in [6, 6.07) is 24.6. The molecular formula is C33H36N2O6. The van der Waals surface area contributed by atoms with Gasteiger partial charge in [-0.15, -0.1) is 0 Å². The predicted octanol–water partition coefficient (Wildman–Crippen LogP) is 5.26. The first kappa shape index (κ1) is 28.4. The second-order valence-electron chi connectivity index (χ2n) is 10.9. The third-order valence-corrected chi connectivity index (χ3v) is 8.09. The Balaban J connectivity index is 1.06. The van der Waals surface area contributed by atoms with Crippen LogP contribution >= 0.6 is 0 Å². The van der Waals surface area contributed by atoms with Crippen LogP contribution in [0.25, 0.3) is 11.1 Å². The third-order valence-electron chi connectivity index (χ3n) is 8.09. The quantitative estimate of drug-likeness (QED) is 0.297. The summed E-state index contributed by atoms with van der Waals surface area (Å²) in [4.78, 5) is 37.2. The Morgan fingerprint density at radius 2 is 1.54 bits per heavy atom. The molecule has 8 nitrogen and oxygen atoms in total. The van der Waals surface area contributed by atoms with Crippen LogP contribution in [-0.2, 0) is 25.7 Å². The highest BCUT2D eigenvalue weighted by atomic mass is 16.5. The van der Waals surface area contributed by atoms with Crippen molar-refractivity contribution in [3.8, 4) is 11.1 Å². The van der Waals surface area contributed by atoms with E-state index >= 15 is 0 Å². The largest absolute Gasteiger partial charge is 0.480 e. The Kier molecular flexibility index (Phi) is 8.99. The monoisotopic (exact) mass is 556 g/mol. The first-order chi connectivity index (χ1) is 19.9. The lowest BCUT2D eigenvalue weighted by Gasteiger charge is -2.22. The van der Waals surface area contributed by atoms with E-state index in [4.69, 9.17) is 9.47 Å². The average molecular weight is 557 g/mol. The maximum atomic E-state index is 12.7. The Bertz CT molecular complexity index is 1330. The molecule has 0 heterocycles. The number of carboxylic acid groups (broad SMARTS) is 1. The van der Waals surface area contributed by atoms with Gasteiger partial charge in [0.05, 0.1) is 12.7 Å². The van der Waals surface area contributed by atoms with Crippen LogP contribution in [0.5, 0.6) is 0 Å². The smallest absolute Gasteiger partial charge is 0.407 e. The second-order valence-corrected chi connectivity index (χ2v) is 10.9. The third kappa shape index (κ3) is 6.95. The fraction of sp³-hybridized carbons (Fsp3) is 0.364. The Labute approximate surface area is 240 Å². The number of rotatable bonds is 11. The van der Waals surface area contributed by atoms with E-state index in [9.17, 15) is 19.5 Å². The van der Waals surface area contributed by atoms with Gasteiger partial charge < -0.3 is 25.2 Å². The molecule has 1 fully saturated rings. The van der Waals surface area contributed by atoms with Gasteiger partial charge in [0.15, 0.2) is 6.04 Å². The van der Waals surface area contributed by atoms with E-state index in [1.807, 2.05) is 54.6 Å². The molecule has 2 aliphatic carbocycles. The molecule has 0 aromatic heterocycles. The number of nitrogens with one attached hydrogen (secondary N) is 2. The van der Waals surface area contributed by atoms with Gasteiger partial charge in [-0.1, -0.05) is 78.9 Å². The highest BCUT2D eigenvalue weighted by Crippen LogP contribution is 2.44. The fourth-order valence-corrected chi connectivity index (χ4v) is 5.97. The van der Waals surface area contributed by atoms with E-state index in [0.29, 0.717) is 6.42 Å². The number of aliphatic carboxylic acids is 1. The van der Waals surface area contributed by atoms with Gasteiger partial charge >= 0.3 is 12.1 Å². The number of ether oxygens (including phenoxy) is 2. The van der Waals surface area contributed by atoms with Crippen molar-refractivity contribution in [1.29, 1.82) is 0 Å². The Morgan fingerprint density at radius 1 is 0.902 bits per heavy atom. The maximum absolute atomic E-state index is 12.7. The molecule has 4 unspecified atom stereocenters. The molecule has 0 aliphatic heterocycles. The summed E-state index contributed by atoms with van der Waals surface area (Å²) < 4.78 is 11.4. The molecule has 0 saturated heterocycles. The van der Waals surface area contributed by atoms with Crippen molar-refractivity contribution in [1.82, 2.24) is 10.6 Å². The van der Waals surface area contributed by atoms with Gasteiger partial charge in [0, 0.05) is 18.4 Å². The van der Waals surface area contributed by atoms with Crippen molar-refractivity contribution in [3.63, 3.8) is 0 Å². The van der Waals surface area contributed by atoms with Crippen LogP contribution in [0.4, 0.5) is 4.79 Å². The van der Waals surface area contributed by atoms with Gasteiger partial charge in [-0.05, 0) is 59.9 Å². The highest BCUT2D eigenvalue weighted by Gasteiger charge is 2.33. The summed E-state index contributed by atoms with van der Waals surface area (Å²) in [5.74, 6) is -1.43. The molecular weight excluding hydrogens is 520 g/mol. The van der Waals surface area contributed by atoms with E-state index in [2.05, 4.69) is 34.9 Å².